The maximum Gasteiger partial charge on any atom is 0.144 e. The van der Waals surface area contributed by atoms with Crippen molar-refractivity contribution in [3.8, 4) is 0 Å². The van der Waals surface area contributed by atoms with Crippen LogP contribution in [-0.4, -0.2) is 20.5 Å². The minimum Gasteiger partial charge on any atom is -0.591 e. The maximum absolute atomic E-state index is 11.7. The SMILES string of the molecule is Cc1cc(/C=N/[S@@+]([O-])C(C)(C)C)ncc1Br. The molecule has 3 nitrogen and oxygen atoms in total. The number of aryl methyl sites for hydroxylation is 1. The van der Waals surface area contributed by atoms with Crippen LogP contribution < -0.4 is 0 Å². The van der Waals surface area contributed by atoms with Crippen molar-refractivity contribution in [2.75, 3.05) is 0 Å². The van der Waals surface area contributed by atoms with Crippen molar-refractivity contribution in [3.63, 3.8) is 0 Å². The molecule has 1 atom stereocenters. The first kappa shape index (κ1) is 13.7. The molecule has 0 aliphatic rings. The summed E-state index contributed by atoms with van der Waals surface area (Å²) >= 11 is 2.14. The highest BCUT2D eigenvalue weighted by Crippen LogP contribution is 2.17. The van der Waals surface area contributed by atoms with Crippen LogP contribution in [0.15, 0.2) is 21.1 Å². The van der Waals surface area contributed by atoms with Crippen molar-refractivity contribution in [1.82, 2.24) is 4.98 Å². The summed E-state index contributed by atoms with van der Waals surface area (Å²) in [5.41, 5.74) is 1.80. The monoisotopic (exact) mass is 302 g/mol. The Labute approximate surface area is 108 Å². The van der Waals surface area contributed by atoms with Crippen LogP contribution in [0.3, 0.4) is 0 Å². The lowest BCUT2D eigenvalue weighted by molar-refractivity contribution is 0.562. The second-order valence-electron chi connectivity index (χ2n) is 4.45. The fourth-order valence-corrected chi connectivity index (χ4v) is 1.63. The quantitative estimate of drug-likeness (QED) is 0.623. The van der Waals surface area contributed by atoms with E-state index in [4.69, 9.17) is 0 Å². The average Bonchev–Trinajstić information content (AvgIpc) is 2.18. The Bertz CT molecular complexity index is 401. The van der Waals surface area contributed by atoms with Crippen LogP contribution in [0.4, 0.5) is 0 Å². The van der Waals surface area contributed by atoms with Gasteiger partial charge in [0.05, 0.1) is 5.69 Å². The van der Waals surface area contributed by atoms with E-state index < -0.39 is 11.4 Å². The van der Waals surface area contributed by atoms with Crippen LogP contribution in [0, 0.1) is 6.92 Å². The van der Waals surface area contributed by atoms with Crippen molar-refractivity contribution in [2.45, 2.75) is 32.4 Å². The number of hydrogen-bond acceptors (Lipinski definition) is 3. The van der Waals surface area contributed by atoms with Crippen LogP contribution in [0.1, 0.15) is 32.0 Å². The van der Waals surface area contributed by atoms with Gasteiger partial charge in [0.15, 0.2) is 0 Å². The van der Waals surface area contributed by atoms with Gasteiger partial charge in [-0.1, -0.05) is 4.40 Å². The molecule has 0 unspecified atom stereocenters. The Morgan fingerprint density at radius 1 is 1.50 bits per heavy atom. The van der Waals surface area contributed by atoms with E-state index >= 15 is 0 Å². The summed E-state index contributed by atoms with van der Waals surface area (Å²) in [5, 5.41) is 0. The second kappa shape index (κ2) is 5.29. The molecule has 1 aromatic heterocycles. The van der Waals surface area contributed by atoms with E-state index in [0.717, 1.165) is 15.7 Å². The van der Waals surface area contributed by atoms with Gasteiger partial charge in [0.2, 0.25) is 0 Å². The third-order valence-electron chi connectivity index (χ3n) is 1.87. The third kappa shape index (κ3) is 3.88. The first-order valence-corrected chi connectivity index (χ1v) is 6.79. The zero-order valence-corrected chi connectivity index (χ0v) is 12.2. The van der Waals surface area contributed by atoms with Crippen molar-refractivity contribution in [3.05, 3.63) is 28.0 Å². The van der Waals surface area contributed by atoms with Gasteiger partial charge in [0.1, 0.15) is 22.3 Å². The van der Waals surface area contributed by atoms with E-state index in [-0.39, 0.29) is 4.75 Å². The van der Waals surface area contributed by atoms with E-state index in [1.807, 2.05) is 33.8 Å². The Hall–Kier alpha value is -0.390. The molecule has 0 N–H and O–H groups in total. The van der Waals surface area contributed by atoms with E-state index in [1.54, 1.807) is 12.4 Å². The molecule has 0 fully saturated rings. The molecule has 5 heteroatoms. The molecule has 88 valence electrons. The van der Waals surface area contributed by atoms with E-state index in [1.165, 1.54) is 0 Å². The minimum atomic E-state index is -1.23. The largest absolute Gasteiger partial charge is 0.591 e. The first-order chi connectivity index (χ1) is 7.30. The first-order valence-electron chi connectivity index (χ1n) is 4.89. The van der Waals surface area contributed by atoms with Crippen LogP contribution >= 0.6 is 15.9 Å². The van der Waals surface area contributed by atoms with Gasteiger partial charge in [-0.3, -0.25) is 4.98 Å². The lowest BCUT2D eigenvalue weighted by Gasteiger charge is -2.17. The molecule has 0 aromatic carbocycles. The summed E-state index contributed by atoms with van der Waals surface area (Å²) in [4.78, 5) is 4.16. The second-order valence-corrected chi connectivity index (χ2v) is 7.24. The van der Waals surface area contributed by atoms with Crippen LogP contribution in [0.25, 0.3) is 0 Å². The molecular weight excluding hydrogens is 288 g/mol. The van der Waals surface area contributed by atoms with Crippen LogP contribution in [0.5, 0.6) is 0 Å². The molecule has 16 heavy (non-hydrogen) atoms. The van der Waals surface area contributed by atoms with Gasteiger partial charge in [0.25, 0.3) is 0 Å². The highest BCUT2D eigenvalue weighted by molar-refractivity contribution is 9.10. The Kier molecular flexibility index (Phi) is 4.52. The fourth-order valence-electron chi connectivity index (χ4n) is 0.892. The summed E-state index contributed by atoms with van der Waals surface area (Å²) in [6, 6.07) is 1.90. The molecule has 1 heterocycles. The summed E-state index contributed by atoms with van der Waals surface area (Å²) < 4.78 is 16.3. The molecule has 0 saturated carbocycles. The van der Waals surface area contributed by atoms with Crippen LogP contribution in [-0.2, 0) is 11.4 Å². The van der Waals surface area contributed by atoms with Gasteiger partial charge in [0, 0.05) is 10.7 Å². The summed E-state index contributed by atoms with van der Waals surface area (Å²) in [6.07, 6.45) is 3.28. The summed E-state index contributed by atoms with van der Waals surface area (Å²) in [5.74, 6) is 0. The van der Waals surface area contributed by atoms with Gasteiger partial charge < -0.3 is 4.55 Å². The number of hydrogen-bond donors (Lipinski definition) is 0. The molecule has 0 aliphatic heterocycles. The molecule has 0 saturated heterocycles. The molecule has 0 radical (unpaired) electrons. The Morgan fingerprint density at radius 3 is 2.62 bits per heavy atom. The molecule has 1 aromatic rings. The van der Waals surface area contributed by atoms with Crippen molar-refractivity contribution >= 4 is 33.5 Å². The van der Waals surface area contributed by atoms with E-state index in [2.05, 4.69) is 25.3 Å². The number of nitrogens with zero attached hydrogens (tertiary/aromatic N) is 2. The van der Waals surface area contributed by atoms with Crippen LogP contribution in [0.2, 0.25) is 0 Å². The number of halogens is 1. The lowest BCUT2D eigenvalue weighted by Crippen LogP contribution is -2.25. The minimum absolute atomic E-state index is 0.332. The molecule has 0 aliphatic carbocycles. The maximum atomic E-state index is 11.7. The topological polar surface area (TPSA) is 48.3 Å². The van der Waals surface area contributed by atoms with Gasteiger partial charge in [-0.25, -0.2) is 0 Å². The predicted octanol–water partition coefficient (Wildman–Crippen LogP) is 3.03. The van der Waals surface area contributed by atoms with E-state index in [0.29, 0.717) is 0 Å². The molecular formula is C11H15BrN2OS. The van der Waals surface area contributed by atoms with Gasteiger partial charge in [-0.2, -0.15) is 0 Å². The molecule has 1 rings (SSSR count). The Balaban J connectivity index is 2.81. The smallest absolute Gasteiger partial charge is 0.144 e. The van der Waals surface area contributed by atoms with Gasteiger partial charge >= 0.3 is 0 Å². The normalized spacial score (nSPS) is 14.4. The van der Waals surface area contributed by atoms with Crippen molar-refractivity contribution < 1.29 is 4.55 Å². The molecule has 0 amide bonds. The number of pyridine rings is 1. The fraction of sp³-hybridized carbons (Fsp3) is 0.455. The highest BCUT2D eigenvalue weighted by atomic mass is 79.9. The standard InChI is InChI=1S/C11H15BrN2OS/c1-8-5-9(13-7-10(8)12)6-14-16(15)11(2,3)4/h5-7H,1-4H3/b14-6+/t16-/m0/s1. The summed E-state index contributed by atoms with van der Waals surface area (Å²) in [7, 11) is 0. The number of rotatable bonds is 2. The van der Waals surface area contributed by atoms with E-state index in [9.17, 15) is 4.55 Å². The van der Waals surface area contributed by atoms with Gasteiger partial charge in [-0.15, -0.1) is 0 Å². The third-order valence-corrected chi connectivity index (χ3v) is 4.05. The molecule has 0 bridgehead atoms. The highest BCUT2D eigenvalue weighted by Gasteiger charge is 2.25. The molecule has 0 spiro atoms. The average molecular weight is 303 g/mol. The zero-order valence-electron chi connectivity index (χ0n) is 9.82. The van der Waals surface area contributed by atoms with Crippen molar-refractivity contribution in [1.29, 1.82) is 0 Å². The van der Waals surface area contributed by atoms with Gasteiger partial charge in [-0.05, 0) is 55.3 Å². The van der Waals surface area contributed by atoms with Crippen molar-refractivity contribution in [2.24, 2.45) is 4.40 Å². The zero-order chi connectivity index (χ0) is 12.3. The lowest BCUT2D eigenvalue weighted by atomic mass is 10.2. The Morgan fingerprint density at radius 2 is 2.12 bits per heavy atom. The predicted molar refractivity (Wildman–Crippen MR) is 72.2 cm³/mol. The summed E-state index contributed by atoms with van der Waals surface area (Å²) in [6.45, 7) is 7.64. The number of aromatic nitrogens is 1.